The van der Waals surface area contributed by atoms with Gasteiger partial charge in [0, 0.05) is 32.7 Å². The summed E-state index contributed by atoms with van der Waals surface area (Å²) in [7, 11) is 2.17. The summed E-state index contributed by atoms with van der Waals surface area (Å²) in [6, 6.07) is 5.65. The van der Waals surface area contributed by atoms with Gasteiger partial charge in [-0.05, 0) is 37.2 Å². The largest absolute Gasteiger partial charge is 0.508 e. The van der Waals surface area contributed by atoms with E-state index in [9.17, 15) is 5.11 Å². The highest BCUT2D eigenvalue weighted by atomic mass is 16.3. The third-order valence-electron chi connectivity index (χ3n) is 3.32. The Bertz CT molecular complexity index is 357. The number of hydrogen-bond acceptors (Lipinski definition) is 3. The highest BCUT2D eigenvalue weighted by molar-refractivity contribution is 5.33. The van der Waals surface area contributed by atoms with Gasteiger partial charge < -0.3 is 10.0 Å². The maximum Gasteiger partial charge on any atom is 0.115 e. The number of phenolic OH excluding ortho intramolecular Hbond substituents is 1. The molecule has 3 heteroatoms. The predicted molar refractivity (Wildman–Crippen MR) is 65.6 cm³/mol. The van der Waals surface area contributed by atoms with Crippen molar-refractivity contribution in [2.45, 2.75) is 13.5 Å². The summed E-state index contributed by atoms with van der Waals surface area (Å²) in [5.41, 5.74) is 2.50. The van der Waals surface area contributed by atoms with Crippen LogP contribution >= 0.6 is 0 Å². The lowest BCUT2D eigenvalue weighted by Gasteiger charge is -2.32. The van der Waals surface area contributed by atoms with Gasteiger partial charge in [0.25, 0.3) is 0 Å². The molecule has 0 bridgehead atoms. The van der Waals surface area contributed by atoms with Gasteiger partial charge in [-0.1, -0.05) is 6.07 Å². The summed E-state index contributed by atoms with van der Waals surface area (Å²) in [6.07, 6.45) is 0. The van der Waals surface area contributed by atoms with Crippen LogP contribution in [-0.2, 0) is 6.54 Å². The first kappa shape index (κ1) is 11.4. The number of aryl methyl sites for hydroxylation is 1. The van der Waals surface area contributed by atoms with E-state index in [0.717, 1.165) is 32.7 Å². The molecule has 0 spiro atoms. The quantitative estimate of drug-likeness (QED) is 0.817. The van der Waals surface area contributed by atoms with E-state index < -0.39 is 0 Å². The Hall–Kier alpha value is -1.06. The summed E-state index contributed by atoms with van der Waals surface area (Å²) in [5, 5.41) is 9.36. The third kappa shape index (κ3) is 2.74. The smallest absolute Gasteiger partial charge is 0.115 e. The molecule has 1 saturated heterocycles. The fraction of sp³-hybridized carbons (Fsp3) is 0.538. The second kappa shape index (κ2) is 4.85. The van der Waals surface area contributed by atoms with Crippen molar-refractivity contribution in [3.05, 3.63) is 29.3 Å². The van der Waals surface area contributed by atoms with Crippen molar-refractivity contribution in [3.8, 4) is 5.75 Å². The van der Waals surface area contributed by atoms with E-state index in [0.29, 0.717) is 5.75 Å². The van der Waals surface area contributed by atoms with Crippen LogP contribution in [0.2, 0.25) is 0 Å². The van der Waals surface area contributed by atoms with Crippen molar-refractivity contribution >= 4 is 0 Å². The second-order valence-electron chi connectivity index (χ2n) is 4.69. The monoisotopic (exact) mass is 220 g/mol. The first-order valence-electron chi connectivity index (χ1n) is 5.84. The van der Waals surface area contributed by atoms with Gasteiger partial charge >= 0.3 is 0 Å². The van der Waals surface area contributed by atoms with Crippen LogP contribution in [0.5, 0.6) is 5.75 Å². The Kier molecular flexibility index (Phi) is 3.46. The van der Waals surface area contributed by atoms with Crippen molar-refractivity contribution in [2.24, 2.45) is 0 Å². The average Bonchev–Trinajstić information content (AvgIpc) is 2.25. The first-order valence-corrected chi connectivity index (χ1v) is 5.84. The van der Waals surface area contributed by atoms with Crippen molar-refractivity contribution in [3.63, 3.8) is 0 Å². The van der Waals surface area contributed by atoms with Gasteiger partial charge in [0.2, 0.25) is 0 Å². The zero-order valence-electron chi connectivity index (χ0n) is 10.1. The molecule has 0 aliphatic carbocycles. The molecule has 1 heterocycles. The van der Waals surface area contributed by atoms with Gasteiger partial charge in [-0.25, -0.2) is 0 Å². The molecule has 0 saturated carbocycles. The van der Waals surface area contributed by atoms with E-state index in [2.05, 4.69) is 23.8 Å². The van der Waals surface area contributed by atoms with Gasteiger partial charge in [-0.2, -0.15) is 0 Å². The van der Waals surface area contributed by atoms with Crippen molar-refractivity contribution in [1.29, 1.82) is 0 Å². The highest BCUT2D eigenvalue weighted by Crippen LogP contribution is 2.17. The summed E-state index contributed by atoms with van der Waals surface area (Å²) >= 11 is 0. The highest BCUT2D eigenvalue weighted by Gasteiger charge is 2.14. The lowest BCUT2D eigenvalue weighted by Crippen LogP contribution is -2.43. The van der Waals surface area contributed by atoms with Gasteiger partial charge in [0.05, 0.1) is 0 Å². The van der Waals surface area contributed by atoms with Crippen LogP contribution in [0.4, 0.5) is 0 Å². The topological polar surface area (TPSA) is 26.7 Å². The first-order chi connectivity index (χ1) is 7.65. The Labute approximate surface area is 97.3 Å². The average molecular weight is 220 g/mol. The molecule has 1 aromatic rings. The molecule has 1 aliphatic rings. The second-order valence-corrected chi connectivity index (χ2v) is 4.69. The number of aromatic hydroxyl groups is 1. The zero-order chi connectivity index (χ0) is 11.5. The predicted octanol–water partition coefficient (Wildman–Crippen LogP) is 1.45. The SMILES string of the molecule is Cc1cc(O)ccc1CN1CCN(C)CC1. The van der Waals surface area contributed by atoms with Crippen LogP contribution in [0, 0.1) is 6.92 Å². The van der Waals surface area contributed by atoms with E-state index in [4.69, 9.17) is 0 Å². The van der Waals surface area contributed by atoms with Gasteiger partial charge in [0.1, 0.15) is 5.75 Å². The molecule has 88 valence electrons. The van der Waals surface area contributed by atoms with Crippen molar-refractivity contribution in [2.75, 3.05) is 33.2 Å². The normalized spacial score (nSPS) is 18.9. The molecule has 1 aromatic carbocycles. The summed E-state index contributed by atoms with van der Waals surface area (Å²) < 4.78 is 0. The van der Waals surface area contributed by atoms with Crippen LogP contribution in [0.15, 0.2) is 18.2 Å². The molecule has 1 fully saturated rings. The van der Waals surface area contributed by atoms with Crippen molar-refractivity contribution in [1.82, 2.24) is 9.80 Å². The maximum atomic E-state index is 9.36. The van der Waals surface area contributed by atoms with E-state index in [1.54, 1.807) is 6.07 Å². The molecule has 0 amide bonds. The van der Waals surface area contributed by atoms with Crippen LogP contribution in [-0.4, -0.2) is 48.1 Å². The zero-order valence-corrected chi connectivity index (χ0v) is 10.1. The number of hydrogen-bond donors (Lipinski definition) is 1. The Morgan fingerprint density at radius 2 is 1.88 bits per heavy atom. The lowest BCUT2D eigenvalue weighted by atomic mass is 10.1. The molecule has 2 rings (SSSR count). The number of piperazine rings is 1. The molecule has 3 nitrogen and oxygen atoms in total. The van der Waals surface area contributed by atoms with Gasteiger partial charge in [-0.15, -0.1) is 0 Å². The standard InChI is InChI=1S/C13H20N2O/c1-11-9-13(16)4-3-12(11)10-15-7-5-14(2)6-8-15/h3-4,9,16H,5-8,10H2,1-2H3. The fourth-order valence-electron chi connectivity index (χ4n) is 2.10. The van der Waals surface area contributed by atoms with Crippen LogP contribution in [0.25, 0.3) is 0 Å². The number of benzene rings is 1. The molecule has 0 atom stereocenters. The minimum atomic E-state index is 0.361. The molecular weight excluding hydrogens is 200 g/mol. The Balaban J connectivity index is 1.98. The van der Waals surface area contributed by atoms with Gasteiger partial charge in [-0.3, -0.25) is 4.90 Å². The third-order valence-corrected chi connectivity index (χ3v) is 3.32. The molecule has 0 aromatic heterocycles. The number of likely N-dealkylation sites (N-methyl/N-ethyl adjacent to an activating group) is 1. The minimum absolute atomic E-state index is 0.361. The van der Waals surface area contributed by atoms with Gasteiger partial charge in [0.15, 0.2) is 0 Å². The van der Waals surface area contributed by atoms with E-state index in [-0.39, 0.29) is 0 Å². The molecule has 16 heavy (non-hydrogen) atoms. The van der Waals surface area contributed by atoms with E-state index in [1.165, 1.54) is 11.1 Å². The molecule has 1 N–H and O–H groups in total. The van der Waals surface area contributed by atoms with Crippen LogP contribution in [0.3, 0.4) is 0 Å². The molecule has 0 radical (unpaired) electrons. The molecular formula is C13H20N2O. The summed E-state index contributed by atoms with van der Waals surface area (Å²) in [5.74, 6) is 0.361. The van der Waals surface area contributed by atoms with E-state index in [1.807, 2.05) is 12.1 Å². The van der Waals surface area contributed by atoms with Crippen LogP contribution < -0.4 is 0 Å². The maximum absolute atomic E-state index is 9.36. The number of nitrogens with zero attached hydrogens (tertiary/aromatic N) is 2. The van der Waals surface area contributed by atoms with Crippen LogP contribution in [0.1, 0.15) is 11.1 Å². The van der Waals surface area contributed by atoms with E-state index >= 15 is 0 Å². The minimum Gasteiger partial charge on any atom is -0.508 e. The molecule has 0 unspecified atom stereocenters. The van der Waals surface area contributed by atoms with Crippen molar-refractivity contribution < 1.29 is 5.11 Å². The summed E-state index contributed by atoms with van der Waals surface area (Å²) in [4.78, 5) is 4.83. The number of rotatable bonds is 2. The lowest BCUT2D eigenvalue weighted by molar-refractivity contribution is 0.148. The summed E-state index contributed by atoms with van der Waals surface area (Å²) in [6.45, 7) is 7.63. The molecule has 1 aliphatic heterocycles. The number of phenols is 1. The Morgan fingerprint density at radius 1 is 1.19 bits per heavy atom. The Morgan fingerprint density at radius 3 is 2.50 bits per heavy atom. The fourth-order valence-corrected chi connectivity index (χ4v) is 2.10.